The van der Waals surface area contributed by atoms with Crippen LogP contribution in [0.4, 0.5) is 0 Å². The highest BCUT2D eigenvalue weighted by atomic mass is 35.5. The van der Waals surface area contributed by atoms with Crippen molar-refractivity contribution >= 4 is 29.2 Å². The molecule has 0 aliphatic heterocycles. The van der Waals surface area contributed by atoms with Gasteiger partial charge >= 0.3 is 5.97 Å². The van der Waals surface area contributed by atoms with Crippen LogP contribution in [0.1, 0.15) is 11.1 Å². The fourth-order valence-electron chi connectivity index (χ4n) is 1.80. The quantitative estimate of drug-likeness (QED) is 0.900. The third kappa shape index (κ3) is 3.65. The van der Waals surface area contributed by atoms with Crippen LogP contribution in [0.5, 0.6) is 5.75 Å². The normalized spacial score (nSPS) is 10.3. The van der Waals surface area contributed by atoms with Crippen LogP contribution in [0, 0.1) is 0 Å². The summed E-state index contributed by atoms with van der Waals surface area (Å²) in [7, 11) is 0. The number of hydrogen-bond donors (Lipinski definition) is 1. The highest BCUT2D eigenvalue weighted by molar-refractivity contribution is 6.37. The first kappa shape index (κ1) is 14.7. The number of para-hydroxylation sites is 1. The van der Waals surface area contributed by atoms with Gasteiger partial charge in [-0.2, -0.15) is 0 Å². The summed E-state index contributed by atoms with van der Waals surface area (Å²) >= 11 is 12.0. The molecule has 0 radical (unpaired) electrons. The van der Waals surface area contributed by atoms with Crippen molar-refractivity contribution in [1.29, 1.82) is 0 Å². The van der Waals surface area contributed by atoms with Gasteiger partial charge < -0.3 is 9.84 Å². The van der Waals surface area contributed by atoms with Crippen LogP contribution in [0.2, 0.25) is 10.0 Å². The van der Waals surface area contributed by atoms with Gasteiger partial charge in [-0.05, 0) is 23.3 Å². The van der Waals surface area contributed by atoms with Gasteiger partial charge in [-0.15, -0.1) is 0 Å². The minimum Gasteiger partial charge on any atom is -0.486 e. The minimum atomic E-state index is -0.881. The molecular weight excluding hydrogens is 299 g/mol. The molecule has 0 atom stereocenters. The van der Waals surface area contributed by atoms with Crippen molar-refractivity contribution in [3.05, 3.63) is 63.6 Å². The standard InChI is InChI=1S/C15H12Cl2O3/c16-12-6-3-7-13(17)15(12)20-9-11-5-2-1-4-10(11)8-14(18)19/h1-7H,8-9H2,(H,18,19). The van der Waals surface area contributed by atoms with Gasteiger partial charge in [0.1, 0.15) is 6.61 Å². The smallest absolute Gasteiger partial charge is 0.307 e. The Kier molecular flexibility index (Phi) is 4.88. The maximum absolute atomic E-state index is 10.8. The monoisotopic (exact) mass is 310 g/mol. The number of carbonyl (C=O) groups is 1. The number of benzene rings is 2. The van der Waals surface area contributed by atoms with Crippen molar-refractivity contribution in [3.63, 3.8) is 0 Å². The van der Waals surface area contributed by atoms with Crippen molar-refractivity contribution < 1.29 is 14.6 Å². The average molecular weight is 311 g/mol. The summed E-state index contributed by atoms with van der Waals surface area (Å²) < 4.78 is 5.62. The topological polar surface area (TPSA) is 46.5 Å². The van der Waals surface area contributed by atoms with E-state index in [0.29, 0.717) is 21.4 Å². The lowest BCUT2D eigenvalue weighted by Gasteiger charge is -2.12. The zero-order valence-electron chi connectivity index (χ0n) is 10.5. The van der Waals surface area contributed by atoms with Crippen molar-refractivity contribution in [2.75, 3.05) is 0 Å². The molecule has 2 rings (SSSR count). The lowest BCUT2D eigenvalue weighted by molar-refractivity contribution is -0.136. The van der Waals surface area contributed by atoms with E-state index in [1.165, 1.54) is 0 Å². The molecule has 0 amide bonds. The van der Waals surface area contributed by atoms with E-state index >= 15 is 0 Å². The molecule has 0 heterocycles. The summed E-state index contributed by atoms with van der Waals surface area (Å²) in [6.07, 6.45) is -0.0458. The van der Waals surface area contributed by atoms with Crippen molar-refractivity contribution in [2.24, 2.45) is 0 Å². The maximum Gasteiger partial charge on any atom is 0.307 e. The lowest BCUT2D eigenvalue weighted by Crippen LogP contribution is -2.06. The van der Waals surface area contributed by atoms with Crippen LogP contribution in [0.25, 0.3) is 0 Å². The molecule has 0 aliphatic carbocycles. The van der Waals surface area contributed by atoms with E-state index in [1.54, 1.807) is 30.3 Å². The van der Waals surface area contributed by atoms with Crippen molar-refractivity contribution in [3.8, 4) is 5.75 Å². The molecule has 0 unspecified atom stereocenters. The molecule has 0 spiro atoms. The van der Waals surface area contributed by atoms with E-state index < -0.39 is 5.97 Å². The molecule has 5 heteroatoms. The number of rotatable bonds is 5. The van der Waals surface area contributed by atoms with E-state index in [9.17, 15) is 4.79 Å². The second-order valence-corrected chi connectivity index (χ2v) is 4.99. The molecule has 0 saturated carbocycles. The Hall–Kier alpha value is -1.71. The Balaban J connectivity index is 2.17. The highest BCUT2D eigenvalue weighted by Crippen LogP contribution is 2.33. The van der Waals surface area contributed by atoms with Crippen molar-refractivity contribution in [1.82, 2.24) is 0 Å². The summed E-state index contributed by atoms with van der Waals surface area (Å²) in [6, 6.07) is 12.3. The Morgan fingerprint density at radius 3 is 2.20 bits per heavy atom. The summed E-state index contributed by atoms with van der Waals surface area (Å²) in [4.78, 5) is 10.8. The second kappa shape index (κ2) is 6.64. The molecule has 0 aliphatic rings. The Morgan fingerprint density at radius 2 is 1.60 bits per heavy atom. The van der Waals surface area contributed by atoms with Crippen LogP contribution in [-0.4, -0.2) is 11.1 Å². The first-order valence-corrected chi connectivity index (χ1v) is 6.69. The van der Waals surface area contributed by atoms with E-state index in [2.05, 4.69) is 0 Å². The molecule has 0 saturated heterocycles. The Morgan fingerprint density at radius 1 is 1.00 bits per heavy atom. The summed E-state index contributed by atoms with van der Waals surface area (Å²) in [5.41, 5.74) is 1.51. The molecule has 0 fully saturated rings. The molecule has 104 valence electrons. The van der Waals surface area contributed by atoms with Crippen LogP contribution in [-0.2, 0) is 17.8 Å². The Labute approximate surface area is 126 Å². The highest BCUT2D eigenvalue weighted by Gasteiger charge is 2.10. The van der Waals surface area contributed by atoms with Gasteiger partial charge in [0, 0.05) is 0 Å². The van der Waals surface area contributed by atoms with Gasteiger partial charge in [-0.3, -0.25) is 4.79 Å². The summed E-state index contributed by atoms with van der Waals surface area (Å²) in [5.74, 6) is -0.478. The van der Waals surface area contributed by atoms with Gasteiger partial charge in [0.05, 0.1) is 16.5 Å². The number of carboxylic acids is 1. The number of carboxylic acid groups (broad SMARTS) is 1. The number of hydrogen-bond acceptors (Lipinski definition) is 2. The van der Waals surface area contributed by atoms with Gasteiger partial charge in [-0.25, -0.2) is 0 Å². The summed E-state index contributed by atoms with van der Waals surface area (Å²) in [6.45, 7) is 0.215. The van der Waals surface area contributed by atoms with Crippen molar-refractivity contribution in [2.45, 2.75) is 13.0 Å². The van der Waals surface area contributed by atoms with Crippen LogP contribution >= 0.6 is 23.2 Å². The third-order valence-electron chi connectivity index (χ3n) is 2.75. The predicted octanol–water partition coefficient (Wildman–Crippen LogP) is 4.20. The van der Waals surface area contributed by atoms with E-state index in [0.717, 1.165) is 5.56 Å². The van der Waals surface area contributed by atoms with Gasteiger partial charge in [0.25, 0.3) is 0 Å². The zero-order chi connectivity index (χ0) is 14.5. The number of ether oxygens (including phenoxy) is 1. The van der Waals surface area contributed by atoms with Gasteiger partial charge in [0.15, 0.2) is 5.75 Å². The van der Waals surface area contributed by atoms with E-state index in [1.807, 2.05) is 12.1 Å². The molecule has 1 N–H and O–H groups in total. The largest absolute Gasteiger partial charge is 0.486 e. The number of aliphatic carboxylic acids is 1. The molecule has 20 heavy (non-hydrogen) atoms. The first-order chi connectivity index (χ1) is 9.58. The molecular formula is C15H12Cl2O3. The SMILES string of the molecule is O=C(O)Cc1ccccc1COc1c(Cl)cccc1Cl. The van der Waals surface area contributed by atoms with Crippen LogP contribution < -0.4 is 4.74 Å². The fraction of sp³-hybridized carbons (Fsp3) is 0.133. The second-order valence-electron chi connectivity index (χ2n) is 4.18. The third-order valence-corrected chi connectivity index (χ3v) is 3.35. The predicted molar refractivity (Wildman–Crippen MR) is 78.6 cm³/mol. The molecule has 2 aromatic rings. The molecule has 0 aromatic heterocycles. The zero-order valence-corrected chi connectivity index (χ0v) is 12.0. The average Bonchev–Trinajstić information content (AvgIpc) is 2.39. The first-order valence-electron chi connectivity index (χ1n) is 5.93. The van der Waals surface area contributed by atoms with E-state index in [4.69, 9.17) is 33.0 Å². The number of halogens is 2. The Bertz CT molecular complexity index is 606. The maximum atomic E-state index is 10.8. The van der Waals surface area contributed by atoms with Gasteiger partial charge in [-0.1, -0.05) is 53.5 Å². The summed E-state index contributed by atoms with van der Waals surface area (Å²) in [5, 5.41) is 9.73. The molecule has 0 bridgehead atoms. The van der Waals surface area contributed by atoms with Crippen LogP contribution in [0.3, 0.4) is 0 Å². The van der Waals surface area contributed by atoms with E-state index in [-0.39, 0.29) is 13.0 Å². The minimum absolute atomic E-state index is 0.0458. The molecule has 3 nitrogen and oxygen atoms in total. The fourth-order valence-corrected chi connectivity index (χ4v) is 2.31. The molecule has 2 aromatic carbocycles. The lowest BCUT2D eigenvalue weighted by atomic mass is 10.1. The van der Waals surface area contributed by atoms with Crippen LogP contribution in [0.15, 0.2) is 42.5 Å². The van der Waals surface area contributed by atoms with Gasteiger partial charge in [0.2, 0.25) is 0 Å².